The second-order valence-electron chi connectivity index (χ2n) is 3.84. The molecule has 2 heteroatoms. The van der Waals surface area contributed by atoms with Crippen LogP contribution >= 0.6 is 0 Å². The van der Waals surface area contributed by atoms with Crippen molar-refractivity contribution in [2.75, 3.05) is 0 Å². The van der Waals surface area contributed by atoms with Crippen LogP contribution in [-0.2, 0) is 9.53 Å². The van der Waals surface area contributed by atoms with Crippen molar-refractivity contribution < 1.29 is 9.53 Å². The topological polar surface area (TPSA) is 29.6 Å². The number of Topliss-reactive ketones (excluding diaryl/α,β-unsaturated/α-hetero) is 1. The van der Waals surface area contributed by atoms with Crippen LogP contribution in [0.4, 0.5) is 0 Å². The molecule has 1 heterocycles. The smallest absolute Gasteiger partial charge is 0.161 e. The van der Waals surface area contributed by atoms with E-state index in [4.69, 9.17) is 4.74 Å². The number of ether oxygens (including phenoxy) is 1. The van der Waals surface area contributed by atoms with E-state index in [1.807, 2.05) is 6.08 Å². The fourth-order valence-electron chi connectivity index (χ4n) is 2.05. The summed E-state index contributed by atoms with van der Waals surface area (Å²) in [4.78, 5) is 11.1. The lowest BCUT2D eigenvalue weighted by Gasteiger charge is -2.17. The van der Waals surface area contributed by atoms with E-state index in [9.17, 15) is 4.79 Å². The summed E-state index contributed by atoms with van der Waals surface area (Å²) in [5, 5.41) is 0. The van der Waals surface area contributed by atoms with Gasteiger partial charge >= 0.3 is 0 Å². The maximum atomic E-state index is 11.1. The van der Waals surface area contributed by atoms with Crippen molar-refractivity contribution in [3.8, 4) is 0 Å². The van der Waals surface area contributed by atoms with E-state index < -0.39 is 0 Å². The Morgan fingerprint density at radius 1 is 1.77 bits per heavy atom. The molecule has 3 unspecified atom stereocenters. The third-order valence-electron chi connectivity index (χ3n) is 3.00. The molecule has 3 atom stereocenters. The quantitative estimate of drug-likeness (QED) is 0.482. The van der Waals surface area contributed by atoms with Crippen molar-refractivity contribution in [2.45, 2.75) is 45.3 Å². The van der Waals surface area contributed by atoms with E-state index in [-0.39, 0.29) is 17.5 Å². The summed E-state index contributed by atoms with van der Waals surface area (Å²) >= 11 is 0. The van der Waals surface area contributed by atoms with Crippen molar-refractivity contribution in [1.29, 1.82) is 0 Å². The zero-order chi connectivity index (χ0) is 10.1. The van der Waals surface area contributed by atoms with E-state index >= 15 is 0 Å². The number of ketones is 1. The van der Waals surface area contributed by atoms with E-state index in [0.717, 1.165) is 12.8 Å². The highest BCUT2D eigenvalue weighted by Crippen LogP contribution is 2.47. The lowest BCUT2D eigenvalue weighted by atomic mass is 9.85. The number of hydrogen-bond acceptors (Lipinski definition) is 2. The maximum Gasteiger partial charge on any atom is 0.161 e. The Morgan fingerprint density at radius 2 is 2.38 bits per heavy atom. The molecule has 1 rings (SSSR count). The molecule has 1 saturated heterocycles. The largest absolute Gasteiger partial charge is 0.357 e. The fraction of sp³-hybridized carbons (Fsp3) is 0.727. The summed E-state index contributed by atoms with van der Waals surface area (Å²) in [5.74, 6) is 0.543. The number of rotatable bonds is 5. The Bertz CT molecular complexity index is 222. The van der Waals surface area contributed by atoms with Gasteiger partial charge < -0.3 is 4.74 Å². The van der Waals surface area contributed by atoms with Crippen molar-refractivity contribution in [3.05, 3.63) is 12.7 Å². The van der Waals surface area contributed by atoms with Crippen molar-refractivity contribution in [2.24, 2.45) is 5.92 Å². The third kappa shape index (κ3) is 1.68. The molecule has 13 heavy (non-hydrogen) atoms. The van der Waals surface area contributed by atoms with Gasteiger partial charge in [0.25, 0.3) is 0 Å². The molecule has 0 N–H and O–H groups in total. The molecule has 0 saturated carbocycles. The molecule has 74 valence electrons. The van der Waals surface area contributed by atoms with Crippen molar-refractivity contribution in [1.82, 2.24) is 0 Å². The van der Waals surface area contributed by atoms with Gasteiger partial charge in [-0.2, -0.15) is 0 Å². The van der Waals surface area contributed by atoms with Gasteiger partial charge in [0.2, 0.25) is 0 Å². The van der Waals surface area contributed by atoms with Crippen LogP contribution in [0.15, 0.2) is 12.7 Å². The minimum atomic E-state index is -0.181. The van der Waals surface area contributed by atoms with Crippen LogP contribution in [0, 0.1) is 5.92 Å². The Morgan fingerprint density at radius 3 is 2.69 bits per heavy atom. The Balaban J connectivity index is 2.64. The van der Waals surface area contributed by atoms with Crippen LogP contribution in [0.25, 0.3) is 0 Å². The third-order valence-corrected chi connectivity index (χ3v) is 3.00. The number of allylic oxidation sites excluding steroid dienone is 1. The first-order valence-corrected chi connectivity index (χ1v) is 4.87. The van der Waals surface area contributed by atoms with Crippen LogP contribution in [0.1, 0.15) is 33.6 Å². The first kappa shape index (κ1) is 10.5. The average molecular weight is 182 g/mol. The van der Waals surface area contributed by atoms with E-state index in [2.05, 4.69) is 20.4 Å². The average Bonchev–Trinajstić information content (AvgIpc) is 2.80. The van der Waals surface area contributed by atoms with Gasteiger partial charge in [-0.3, -0.25) is 4.79 Å². The second kappa shape index (κ2) is 3.62. The molecule has 0 spiro atoms. The molecule has 0 radical (unpaired) electrons. The molecule has 0 aromatic carbocycles. The summed E-state index contributed by atoms with van der Waals surface area (Å²) in [5.41, 5.74) is -0.181. The molecule has 0 aromatic heterocycles. The Hall–Kier alpha value is -0.630. The number of hydrogen-bond donors (Lipinski definition) is 0. The molecule has 0 aromatic rings. The molecule has 0 aliphatic carbocycles. The summed E-state index contributed by atoms with van der Waals surface area (Å²) in [7, 11) is 0. The standard InChI is InChI=1S/C11H18O2/c1-5-7-8(3)11(6-2)10(13-11)9(4)12/h5,8,10H,1,6-7H2,2-4H3. The van der Waals surface area contributed by atoms with Crippen molar-refractivity contribution in [3.63, 3.8) is 0 Å². The lowest BCUT2D eigenvalue weighted by molar-refractivity contribution is -0.118. The second-order valence-corrected chi connectivity index (χ2v) is 3.84. The number of carbonyl (C=O) groups excluding carboxylic acids is 1. The van der Waals surface area contributed by atoms with Crippen LogP contribution in [-0.4, -0.2) is 17.5 Å². The zero-order valence-corrected chi connectivity index (χ0v) is 8.67. The number of epoxide rings is 1. The summed E-state index contributed by atoms with van der Waals surface area (Å²) < 4.78 is 5.53. The van der Waals surface area contributed by atoms with Gasteiger partial charge in [-0.25, -0.2) is 0 Å². The van der Waals surface area contributed by atoms with Gasteiger partial charge in [0.05, 0.1) is 0 Å². The normalized spacial score (nSPS) is 33.9. The first-order valence-electron chi connectivity index (χ1n) is 4.87. The monoisotopic (exact) mass is 182 g/mol. The predicted molar refractivity (Wildman–Crippen MR) is 52.6 cm³/mol. The molecule has 2 nitrogen and oxygen atoms in total. The van der Waals surface area contributed by atoms with E-state index in [0.29, 0.717) is 5.92 Å². The SMILES string of the molecule is C=CCC(C)C1(CC)OC1C(C)=O. The fourth-order valence-corrected chi connectivity index (χ4v) is 2.05. The van der Waals surface area contributed by atoms with Gasteiger partial charge in [0.1, 0.15) is 11.7 Å². The van der Waals surface area contributed by atoms with Gasteiger partial charge in [-0.15, -0.1) is 6.58 Å². The highest BCUT2D eigenvalue weighted by atomic mass is 16.6. The van der Waals surface area contributed by atoms with Crippen LogP contribution < -0.4 is 0 Å². The summed E-state index contributed by atoms with van der Waals surface area (Å²) in [6, 6.07) is 0. The van der Waals surface area contributed by atoms with Gasteiger partial charge in [0, 0.05) is 0 Å². The molecular weight excluding hydrogens is 164 g/mol. The highest BCUT2D eigenvalue weighted by molar-refractivity contribution is 5.84. The molecule has 0 bridgehead atoms. The zero-order valence-electron chi connectivity index (χ0n) is 8.67. The lowest BCUT2D eigenvalue weighted by Crippen LogP contribution is -2.26. The molecule has 1 aliphatic heterocycles. The molecule has 1 aliphatic rings. The minimum Gasteiger partial charge on any atom is -0.357 e. The van der Waals surface area contributed by atoms with E-state index in [1.54, 1.807) is 6.92 Å². The highest BCUT2D eigenvalue weighted by Gasteiger charge is 2.60. The molecular formula is C11H18O2. The van der Waals surface area contributed by atoms with Gasteiger partial charge in [-0.05, 0) is 25.7 Å². The van der Waals surface area contributed by atoms with Crippen molar-refractivity contribution >= 4 is 5.78 Å². The maximum absolute atomic E-state index is 11.1. The van der Waals surface area contributed by atoms with Crippen LogP contribution in [0.5, 0.6) is 0 Å². The van der Waals surface area contributed by atoms with E-state index in [1.165, 1.54) is 0 Å². The van der Waals surface area contributed by atoms with Gasteiger partial charge in [0.15, 0.2) is 5.78 Å². The Kier molecular flexibility index (Phi) is 2.91. The molecule has 0 amide bonds. The summed E-state index contributed by atoms with van der Waals surface area (Å²) in [6.07, 6.45) is 3.55. The van der Waals surface area contributed by atoms with Crippen LogP contribution in [0.3, 0.4) is 0 Å². The molecule has 1 fully saturated rings. The first-order chi connectivity index (χ1) is 6.08. The minimum absolute atomic E-state index is 0.151. The van der Waals surface area contributed by atoms with Gasteiger partial charge in [-0.1, -0.05) is 19.9 Å². The predicted octanol–water partition coefficient (Wildman–Crippen LogP) is 2.34. The van der Waals surface area contributed by atoms with Crippen LogP contribution in [0.2, 0.25) is 0 Å². The Labute approximate surface area is 80.0 Å². The summed E-state index contributed by atoms with van der Waals surface area (Å²) in [6.45, 7) is 9.50. The number of carbonyl (C=O) groups is 1.